The molecular weight excluding hydrogens is 132 g/mol. The molecule has 0 spiro atoms. The molecule has 2 rings (SSSR count). The zero-order valence-corrected chi connectivity index (χ0v) is 4.89. The second kappa shape index (κ2) is 1.90. The molecule has 0 bridgehead atoms. The number of hydrogen-bond donors (Lipinski definition) is 1. The predicted octanol–water partition coefficient (Wildman–Crippen LogP) is -0.887. The fraction of sp³-hybridized carbons (Fsp3) is 0. The van der Waals surface area contributed by atoms with Crippen LogP contribution in [0, 0.1) is 0 Å². The van der Waals surface area contributed by atoms with Crippen LogP contribution in [0.4, 0.5) is 0 Å². The molecular formula is C4H3N6. The van der Waals surface area contributed by atoms with Gasteiger partial charge < -0.3 is 0 Å². The summed E-state index contributed by atoms with van der Waals surface area (Å²) in [7, 11) is 0. The summed E-state index contributed by atoms with van der Waals surface area (Å²) in [5.74, 6) is 0.519. The summed E-state index contributed by atoms with van der Waals surface area (Å²) in [6, 6.07) is 0. The normalized spacial score (nSPS) is 15.0. The number of aromatic nitrogens is 3. The zero-order valence-electron chi connectivity index (χ0n) is 4.89. The molecule has 1 aromatic rings. The van der Waals surface area contributed by atoms with Crippen molar-refractivity contribution in [2.75, 3.05) is 0 Å². The molecule has 0 atom stereocenters. The highest BCUT2D eigenvalue weighted by Gasteiger charge is 2.08. The maximum absolute atomic E-state index is 3.85. The van der Waals surface area contributed by atoms with Crippen LogP contribution in [0.15, 0.2) is 16.5 Å². The van der Waals surface area contributed by atoms with E-state index in [1.54, 1.807) is 0 Å². The molecule has 2 heterocycles. The second-order valence-corrected chi connectivity index (χ2v) is 1.64. The Balaban J connectivity index is 2.36. The van der Waals surface area contributed by atoms with E-state index in [0.717, 1.165) is 0 Å². The summed E-state index contributed by atoms with van der Waals surface area (Å²) < 4.78 is 0. The number of H-pyrrole nitrogens is 1. The van der Waals surface area contributed by atoms with Crippen LogP contribution >= 0.6 is 0 Å². The fourth-order valence-corrected chi connectivity index (χ4v) is 0.615. The Morgan fingerprint density at radius 3 is 3.00 bits per heavy atom. The molecule has 0 unspecified atom stereocenters. The highest BCUT2D eigenvalue weighted by atomic mass is 15.5. The third kappa shape index (κ3) is 0.661. The lowest BCUT2D eigenvalue weighted by atomic mass is 10.4. The van der Waals surface area contributed by atoms with Gasteiger partial charge in [-0.1, -0.05) is 0 Å². The van der Waals surface area contributed by atoms with Gasteiger partial charge in [0, 0.05) is 0 Å². The van der Waals surface area contributed by atoms with Crippen molar-refractivity contribution in [1.82, 2.24) is 20.7 Å². The lowest BCUT2D eigenvalue weighted by Gasteiger charge is -1.80. The summed E-state index contributed by atoms with van der Waals surface area (Å²) >= 11 is 0. The van der Waals surface area contributed by atoms with E-state index < -0.39 is 0 Å². The minimum atomic E-state index is 0.519. The monoisotopic (exact) mass is 135 g/mol. The highest BCUT2D eigenvalue weighted by Crippen LogP contribution is 1.92. The van der Waals surface area contributed by atoms with Crippen molar-refractivity contribution in [3.63, 3.8) is 0 Å². The lowest BCUT2D eigenvalue weighted by Crippen LogP contribution is -2.01. The minimum Gasteiger partial charge on any atom is -0.265 e. The first-order chi connectivity index (χ1) is 4.97. The van der Waals surface area contributed by atoms with E-state index in [-0.39, 0.29) is 0 Å². The summed E-state index contributed by atoms with van der Waals surface area (Å²) in [4.78, 5) is 3.85. The van der Waals surface area contributed by atoms with Crippen LogP contribution in [0.2, 0.25) is 0 Å². The number of nitrogens with zero attached hydrogens (tertiary/aromatic N) is 5. The van der Waals surface area contributed by atoms with Gasteiger partial charge in [0.2, 0.25) is 5.82 Å². The largest absolute Gasteiger partial charge is 0.265 e. The van der Waals surface area contributed by atoms with E-state index in [0.29, 0.717) is 11.5 Å². The number of aromatic amines is 1. The number of rotatable bonds is 1. The molecule has 1 aliphatic heterocycles. The Morgan fingerprint density at radius 1 is 1.40 bits per heavy atom. The van der Waals surface area contributed by atoms with Crippen LogP contribution in [-0.2, 0) is 0 Å². The average Bonchev–Trinajstić information content (AvgIpc) is 2.59. The van der Waals surface area contributed by atoms with Crippen LogP contribution in [0.1, 0.15) is 5.82 Å². The van der Waals surface area contributed by atoms with Crippen molar-refractivity contribution in [3.05, 3.63) is 12.2 Å². The van der Waals surface area contributed by atoms with Crippen molar-refractivity contribution >= 4 is 11.9 Å². The third-order valence-corrected chi connectivity index (χ3v) is 1.03. The van der Waals surface area contributed by atoms with Crippen molar-refractivity contribution in [2.24, 2.45) is 10.2 Å². The molecule has 1 aromatic heterocycles. The molecule has 0 fully saturated rings. The first-order valence-electron chi connectivity index (χ1n) is 2.64. The standard InChI is InChI=1S/C4H3N6/c1-3(8-10-6-1)4-5-2-7-9-4/h1-2H,(H,5,7,9). The van der Waals surface area contributed by atoms with E-state index in [1.807, 2.05) is 0 Å². The smallest absolute Gasteiger partial charge is 0.203 e. The van der Waals surface area contributed by atoms with Crippen LogP contribution in [0.5, 0.6) is 0 Å². The molecule has 0 saturated carbocycles. The SMILES string of the molecule is C1=N[N]N=C1c1nc[nH]n1. The topological polar surface area (TPSA) is 80.4 Å². The Hall–Kier alpha value is -1.72. The Bertz CT molecular complexity index is 270. The molecule has 0 aliphatic carbocycles. The van der Waals surface area contributed by atoms with Gasteiger partial charge in [-0.15, -0.1) is 10.2 Å². The van der Waals surface area contributed by atoms with Crippen molar-refractivity contribution in [2.45, 2.75) is 0 Å². The highest BCUT2D eigenvalue weighted by molar-refractivity contribution is 6.37. The molecule has 49 valence electrons. The first-order valence-corrected chi connectivity index (χ1v) is 2.64. The maximum Gasteiger partial charge on any atom is 0.203 e. The molecule has 1 N–H and O–H groups in total. The number of nitrogens with one attached hydrogen (secondary N) is 1. The van der Waals surface area contributed by atoms with Gasteiger partial charge in [0.15, 0.2) is 5.71 Å². The first kappa shape index (κ1) is 5.10. The van der Waals surface area contributed by atoms with Crippen LogP contribution in [0.3, 0.4) is 0 Å². The van der Waals surface area contributed by atoms with Gasteiger partial charge in [-0.25, -0.2) is 4.98 Å². The minimum absolute atomic E-state index is 0.519. The van der Waals surface area contributed by atoms with Gasteiger partial charge >= 0.3 is 0 Å². The zero-order chi connectivity index (χ0) is 6.81. The molecule has 6 nitrogen and oxygen atoms in total. The quantitative estimate of drug-likeness (QED) is 0.542. The van der Waals surface area contributed by atoms with Gasteiger partial charge in [0.05, 0.1) is 6.21 Å². The van der Waals surface area contributed by atoms with Crippen molar-refractivity contribution < 1.29 is 0 Å². The van der Waals surface area contributed by atoms with E-state index in [1.165, 1.54) is 12.5 Å². The van der Waals surface area contributed by atoms with E-state index in [9.17, 15) is 0 Å². The summed E-state index contributed by atoms with van der Waals surface area (Å²) in [6.45, 7) is 0. The molecule has 1 radical (unpaired) electrons. The number of hydrogen-bond acceptors (Lipinski definition) is 4. The maximum atomic E-state index is 3.85. The lowest BCUT2D eigenvalue weighted by molar-refractivity contribution is 0.812. The van der Waals surface area contributed by atoms with Crippen molar-refractivity contribution in [1.29, 1.82) is 0 Å². The second-order valence-electron chi connectivity index (χ2n) is 1.64. The predicted molar refractivity (Wildman–Crippen MR) is 33.5 cm³/mol. The van der Waals surface area contributed by atoms with Gasteiger partial charge in [-0.2, -0.15) is 5.10 Å². The van der Waals surface area contributed by atoms with E-state index in [2.05, 4.69) is 30.9 Å². The summed E-state index contributed by atoms with van der Waals surface area (Å²) in [5, 5.41) is 13.5. The van der Waals surface area contributed by atoms with Gasteiger partial charge in [0.25, 0.3) is 0 Å². The molecule has 6 heteroatoms. The van der Waals surface area contributed by atoms with E-state index >= 15 is 0 Å². The Labute approximate surface area is 56.1 Å². The van der Waals surface area contributed by atoms with Crippen molar-refractivity contribution in [3.8, 4) is 0 Å². The summed E-state index contributed by atoms with van der Waals surface area (Å²) in [6.07, 6.45) is 2.98. The Kier molecular flexibility index (Phi) is 0.970. The van der Waals surface area contributed by atoms with Gasteiger partial charge in [-0.3, -0.25) is 5.10 Å². The Morgan fingerprint density at radius 2 is 2.40 bits per heavy atom. The fourth-order valence-electron chi connectivity index (χ4n) is 0.615. The van der Waals surface area contributed by atoms with Gasteiger partial charge in [0.1, 0.15) is 6.33 Å². The molecule has 1 aliphatic rings. The summed E-state index contributed by atoms with van der Waals surface area (Å²) in [5.41, 5.74) is 3.97. The molecule has 0 aromatic carbocycles. The van der Waals surface area contributed by atoms with Crippen LogP contribution in [0.25, 0.3) is 0 Å². The van der Waals surface area contributed by atoms with Gasteiger partial charge in [-0.05, 0) is 5.53 Å². The van der Waals surface area contributed by atoms with Crippen LogP contribution in [-0.4, -0.2) is 27.1 Å². The third-order valence-electron chi connectivity index (χ3n) is 1.03. The molecule has 0 saturated heterocycles. The molecule has 10 heavy (non-hydrogen) atoms. The average molecular weight is 135 g/mol. The molecule has 0 amide bonds. The van der Waals surface area contributed by atoms with Crippen LogP contribution < -0.4 is 5.53 Å². The van der Waals surface area contributed by atoms with E-state index in [4.69, 9.17) is 0 Å².